The molecule has 1 saturated heterocycles. The van der Waals surface area contributed by atoms with E-state index in [1.807, 2.05) is 0 Å². The number of aromatic nitrogens is 1. The average molecular weight is 631 g/mol. The summed E-state index contributed by atoms with van der Waals surface area (Å²) in [7, 11) is 1.54. The van der Waals surface area contributed by atoms with Crippen molar-refractivity contribution in [2.24, 2.45) is 5.41 Å². The molecule has 240 valence electrons. The van der Waals surface area contributed by atoms with Crippen LogP contribution in [0.4, 0.5) is 20.2 Å². The smallest absolute Gasteiger partial charge is 0.240 e. The predicted molar refractivity (Wildman–Crippen MR) is 170 cm³/mol. The number of halogens is 2. The van der Waals surface area contributed by atoms with Gasteiger partial charge in [-0.05, 0) is 93.7 Å². The van der Waals surface area contributed by atoms with Crippen LogP contribution in [0.1, 0.15) is 38.5 Å². The molecule has 2 fully saturated rings. The third-order valence-electron chi connectivity index (χ3n) is 8.46. The molecule has 4 aromatic rings. The van der Waals surface area contributed by atoms with Gasteiger partial charge in [-0.15, -0.1) is 0 Å². The lowest BCUT2D eigenvalue weighted by Crippen LogP contribution is -2.35. The summed E-state index contributed by atoms with van der Waals surface area (Å²) in [5.41, 5.74) is -0.345. The minimum atomic E-state index is -1.33. The van der Waals surface area contributed by atoms with E-state index in [-0.39, 0.29) is 17.2 Å². The van der Waals surface area contributed by atoms with Crippen LogP contribution in [-0.4, -0.2) is 55.0 Å². The van der Waals surface area contributed by atoms with E-state index in [0.717, 1.165) is 26.1 Å². The summed E-state index contributed by atoms with van der Waals surface area (Å²) in [5.74, 6) is -1.16. The zero-order valence-corrected chi connectivity index (χ0v) is 25.6. The maximum absolute atomic E-state index is 15.2. The molecule has 2 amide bonds. The van der Waals surface area contributed by atoms with Crippen molar-refractivity contribution in [1.29, 1.82) is 0 Å². The van der Waals surface area contributed by atoms with Crippen LogP contribution >= 0.6 is 0 Å². The normalized spacial score (nSPS) is 15.6. The summed E-state index contributed by atoms with van der Waals surface area (Å²) in [6, 6.07) is 14.5. The Labute approximate surface area is 265 Å². The highest BCUT2D eigenvalue weighted by molar-refractivity contribution is 6.17. The fourth-order valence-electron chi connectivity index (χ4n) is 5.67. The Morgan fingerprint density at radius 3 is 2.41 bits per heavy atom. The monoisotopic (exact) mass is 630 g/mol. The number of hydrogen-bond acceptors (Lipinski definition) is 7. The number of hydrogen-bond donors (Lipinski definition) is 2. The summed E-state index contributed by atoms with van der Waals surface area (Å²) in [6.45, 7) is 3.77. The van der Waals surface area contributed by atoms with E-state index in [2.05, 4.69) is 20.5 Å². The molecule has 1 aliphatic carbocycles. The van der Waals surface area contributed by atoms with Gasteiger partial charge in [0.05, 0.1) is 24.9 Å². The summed E-state index contributed by atoms with van der Waals surface area (Å²) in [5, 5.41) is 5.92. The fraction of sp³-hybridized carbons (Fsp3) is 0.343. The summed E-state index contributed by atoms with van der Waals surface area (Å²) < 4.78 is 46.3. The van der Waals surface area contributed by atoms with E-state index >= 15 is 4.39 Å². The van der Waals surface area contributed by atoms with Crippen LogP contribution in [0.2, 0.25) is 0 Å². The van der Waals surface area contributed by atoms with Gasteiger partial charge in [-0.3, -0.25) is 14.6 Å². The molecule has 1 aromatic heterocycles. The zero-order chi connectivity index (χ0) is 32.1. The van der Waals surface area contributed by atoms with Gasteiger partial charge in [-0.2, -0.15) is 0 Å². The summed E-state index contributed by atoms with van der Waals surface area (Å²) in [4.78, 5) is 33.3. The molecule has 0 atom stereocenters. The summed E-state index contributed by atoms with van der Waals surface area (Å²) >= 11 is 0. The molecule has 2 N–H and O–H groups in total. The molecule has 3 aromatic carbocycles. The van der Waals surface area contributed by atoms with Crippen LogP contribution in [0, 0.1) is 17.0 Å². The summed E-state index contributed by atoms with van der Waals surface area (Å²) in [6.07, 6.45) is 6.84. The first-order valence-corrected chi connectivity index (χ1v) is 15.5. The van der Waals surface area contributed by atoms with Crippen molar-refractivity contribution < 1.29 is 32.6 Å². The zero-order valence-electron chi connectivity index (χ0n) is 25.6. The Kier molecular flexibility index (Phi) is 9.30. The predicted octanol–water partition coefficient (Wildman–Crippen LogP) is 6.93. The van der Waals surface area contributed by atoms with Crippen LogP contribution in [0.3, 0.4) is 0 Å². The van der Waals surface area contributed by atoms with Crippen molar-refractivity contribution in [3.63, 3.8) is 0 Å². The number of para-hydroxylation sites is 1. The molecule has 9 nitrogen and oxygen atoms in total. The van der Waals surface area contributed by atoms with Crippen molar-refractivity contribution in [3.8, 4) is 23.0 Å². The Hall–Kier alpha value is -4.77. The maximum atomic E-state index is 15.2. The number of anilines is 2. The first-order valence-electron chi connectivity index (χ1n) is 15.5. The number of carbonyl (C=O) groups is 2. The Bertz CT molecular complexity index is 1720. The Balaban J connectivity index is 1.17. The van der Waals surface area contributed by atoms with Crippen LogP contribution in [0.25, 0.3) is 10.9 Å². The number of ether oxygens (including phenoxy) is 3. The van der Waals surface area contributed by atoms with E-state index in [0.29, 0.717) is 47.5 Å². The van der Waals surface area contributed by atoms with Crippen molar-refractivity contribution in [3.05, 3.63) is 78.5 Å². The van der Waals surface area contributed by atoms with Gasteiger partial charge in [-0.1, -0.05) is 12.5 Å². The molecule has 2 aliphatic rings. The van der Waals surface area contributed by atoms with Crippen LogP contribution < -0.4 is 24.8 Å². The molecule has 0 unspecified atom stereocenters. The van der Waals surface area contributed by atoms with Crippen molar-refractivity contribution in [1.82, 2.24) is 9.88 Å². The van der Waals surface area contributed by atoms with Gasteiger partial charge in [0.1, 0.15) is 17.0 Å². The number of rotatable bonds is 12. The molecular formula is C35H36F2N4O5. The highest BCUT2D eigenvalue weighted by Gasteiger charge is 2.56. The molecule has 1 saturated carbocycles. The third-order valence-corrected chi connectivity index (χ3v) is 8.46. The van der Waals surface area contributed by atoms with Gasteiger partial charge in [-0.25, -0.2) is 8.78 Å². The number of nitrogens with zero attached hydrogens (tertiary/aromatic N) is 2. The number of nitrogens with one attached hydrogen (secondary N) is 2. The standard InChI is InChI=1S/C35H36F2N4O5/c1-44-30-21-25-28(22-31(30)45-20-6-19-41-17-3-2-4-18-41)38-16-13-29(25)46-32-26(37)7-5-8-27(32)40-34(43)35(14-15-35)33(42)39-24-11-9-23(36)10-12-24/h5,7-13,16,21-22H,2-4,6,14-15,17-20H2,1H3,(H,39,42)(H,40,43). The van der Waals surface area contributed by atoms with E-state index in [1.165, 1.54) is 61.7 Å². The van der Waals surface area contributed by atoms with Crippen molar-refractivity contribution in [2.75, 3.05) is 44.0 Å². The van der Waals surface area contributed by atoms with Gasteiger partial charge in [0.15, 0.2) is 23.1 Å². The minimum Gasteiger partial charge on any atom is -0.493 e. The van der Waals surface area contributed by atoms with Crippen LogP contribution in [0.5, 0.6) is 23.0 Å². The molecular weight excluding hydrogens is 594 g/mol. The highest BCUT2D eigenvalue weighted by atomic mass is 19.1. The quantitative estimate of drug-likeness (QED) is 0.129. The molecule has 1 aliphatic heterocycles. The topological polar surface area (TPSA) is 102 Å². The second kappa shape index (κ2) is 13.7. The molecule has 6 rings (SSSR count). The molecule has 46 heavy (non-hydrogen) atoms. The number of benzene rings is 3. The minimum absolute atomic E-state index is 0.0662. The maximum Gasteiger partial charge on any atom is 0.240 e. The number of likely N-dealkylation sites (tertiary alicyclic amines) is 1. The highest BCUT2D eigenvalue weighted by Crippen LogP contribution is 2.48. The van der Waals surface area contributed by atoms with Gasteiger partial charge >= 0.3 is 0 Å². The fourth-order valence-corrected chi connectivity index (χ4v) is 5.67. The molecule has 0 bridgehead atoms. The molecule has 0 radical (unpaired) electrons. The second-order valence-corrected chi connectivity index (χ2v) is 11.6. The number of pyridine rings is 1. The number of fused-ring (bicyclic) bond motifs is 1. The largest absolute Gasteiger partial charge is 0.493 e. The van der Waals surface area contributed by atoms with Gasteiger partial charge in [0, 0.05) is 29.9 Å². The lowest BCUT2D eigenvalue weighted by molar-refractivity contribution is -0.131. The average Bonchev–Trinajstić information content (AvgIpc) is 3.89. The Morgan fingerprint density at radius 1 is 0.913 bits per heavy atom. The van der Waals surface area contributed by atoms with E-state index < -0.39 is 28.9 Å². The van der Waals surface area contributed by atoms with Crippen molar-refractivity contribution >= 4 is 34.1 Å². The first-order chi connectivity index (χ1) is 22.4. The van der Waals surface area contributed by atoms with E-state index in [1.54, 1.807) is 31.5 Å². The van der Waals surface area contributed by atoms with E-state index in [9.17, 15) is 14.0 Å². The number of methoxy groups -OCH3 is 1. The Morgan fingerprint density at radius 2 is 1.67 bits per heavy atom. The van der Waals surface area contributed by atoms with E-state index in [4.69, 9.17) is 14.2 Å². The number of piperidine rings is 1. The van der Waals surface area contributed by atoms with Gasteiger partial charge in [0.25, 0.3) is 0 Å². The van der Waals surface area contributed by atoms with Crippen LogP contribution in [0.15, 0.2) is 66.9 Å². The lowest BCUT2D eigenvalue weighted by atomic mass is 10.0. The van der Waals surface area contributed by atoms with Gasteiger partial charge in [0.2, 0.25) is 11.8 Å². The molecule has 0 spiro atoms. The third kappa shape index (κ3) is 6.89. The number of carbonyl (C=O) groups excluding carboxylic acids is 2. The second-order valence-electron chi connectivity index (χ2n) is 11.6. The first kappa shape index (κ1) is 31.2. The lowest BCUT2D eigenvalue weighted by Gasteiger charge is -2.26. The van der Waals surface area contributed by atoms with Crippen LogP contribution in [-0.2, 0) is 9.59 Å². The van der Waals surface area contributed by atoms with Crippen molar-refractivity contribution in [2.45, 2.75) is 38.5 Å². The SMILES string of the molecule is COc1cc2c(Oc3c(F)cccc3NC(=O)C3(C(=O)Nc4ccc(F)cc4)CC3)ccnc2cc1OCCCN1CCCCC1. The molecule has 11 heteroatoms. The van der Waals surface area contributed by atoms with Gasteiger partial charge < -0.3 is 29.7 Å². The number of amides is 2. The molecule has 2 heterocycles.